The molecule has 5 heteroatoms. The van der Waals surface area contributed by atoms with Crippen molar-refractivity contribution in [1.29, 1.82) is 0 Å². The number of rotatable bonds is 8. The van der Waals surface area contributed by atoms with E-state index in [9.17, 15) is 14.0 Å². The molecule has 0 atom stereocenters. The van der Waals surface area contributed by atoms with Crippen LogP contribution < -0.4 is 0 Å². The van der Waals surface area contributed by atoms with Crippen LogP contribution in [0.15, 0.2) is 30.9 Å². The van der Waals surface area contributed by atoms with E-state index in [4.69, 9.17) is 9.47 Å². The van der Waals surface area contributed by atoms with Gasteiger partial charge in [0.1, 0.15) is 5.82 Å². The van der Waals surface area contributed by atoms with E-state index in [1.807, 2.05) is 0 Å². The van der Waals surface area contributed by atoms with Crippen LogP contribution in [0.5, 0.6) is 0 Å². The summed E-state index contributed by atoms with van der Waals surface area (Å²) < 4.78 is 23.2. The van der Waals surface area contributed by atoms with Crippen molar-refractivity contribution < 1.29 is 23.5 Å². The first kappa shape index (κ1) is 17.9. The lowest BCUT2D eigenvalue weighted by Gasteiger charge is -2.16. The number of hydrogen-bond donors (Lipinski definition) is 0. The molecule has 0 unspecified atom stereocenters. The van der Waals surface area contributed by atoms with Crippen LogP contribution in [0.3, 0.4) is 0 Å². The quantitative estimate of drug-likeness (QED) is 0.421. The van der Waals surface area contributed by atoms with Crippen LogP contribution in [-0.4, -0.2) is 25.2 Å². The number of carbonyl (C=O) groups is 2. The van der Waals surface area contributed by atoms with Crippen molar-refractivity contribution >= 4 is 11.9 Å². The van der Waals surface area contributed by atoms with Gasteiger partial charge in [-0.2, -0.15) is 0 Å². The molecule has 0 heterocycles. The molecule has 0 aliphatic carbocycles. The summed E-state index contributed by atoms with van der Waals surface area (Å²) in [6.07, 6.45) is 2.20. The summed E-state index contributed by atoms with van der Waals surface area (Å²) >= 11 is 0. The summed E-state index contributed by atoms with van der Waals surface area (Å²) in [4.78, 5) is 24.0. The summed E-state index contributed by atoms with van der Waals surface area (Å²) in [6, 6.07) is 4.25. The van der Waals surface area contributed by atoms with E-state index < -0.39 is 17.9 Å². The average Bonchev–Trinajstić information content (AvgIpc) is 2.47. The molecule has 0 fully saturated rings. The first-order valence-corrected chi connectivity index (χ1v) is 7.24. The molecule has 4 nitrogen and oxygen atoms in total. The van der Waals surface area contributed by atoms with E-state index in [1.165, 1.54) is 12.1 Å². The van der Waals surface area contributed by atoms with Gasteiger partial charge in [-0.1, -0.05) is 12.1 Å². The molecular weight excluding hydrogens is 287 g/mol. The van der Waals surface area contributed by atoms with Crippen molar-refractivity contribution in [1.82, 2.24) is 0 Å². The van der Waals surface area contributed by atoms with E-state index in [0.29, 0.717) is 17.5 Å². The van der Waals surface area contributed by atoms with Gasteiger partial charge in [0.2, 0.25) is 0 Å². The molecule has 1 aromatic rings. The molecule has 1 rings (SSSR count). The van der Waals surface area contributed by atoms with Gasteiger partial charge < -0.3 is 9.47 Å². The Balaban J connectivity index is 3.05. The Labute approximate surface area is 129 Å². The Morgan fingerprint density at radius 1 is 1.18 bits per heavy atom. The largest absolute Gasteiger partial charge is 0.465 e. The van der Waals surface area contributed by atoms with Gasteiger partial charge in [-0.25, -0.2) is 4.39 Å². The third-order valence-electron chi connectivity index (χ3n) is 3.10. The first-order valence-electron chi connectivity index (χ1n) is 7.24. The summed E-state index contributed by atoms with van der Waals surface area (Å²) in [7, 11) is 0. The molecule has 0 aliphatic heterocycles. The number of esters is 2. The van der Waals surface area contributed by atoms with E-state index in [-0.39, 0.29) is 25.5 Å². The highest BCUT2D eigenvalue weighted by Gasteiger charge is 2.30. The number of hydrogen-bond acceptors (Lipinski definition) is 4. The molecule has 0 amide bonds. The maximum absolute atomic E-state index is 13.3. The molecule has 0 aromatic heterocycles. The van der Waals surface area contributed by atoms with Crippen molar-refractivity contribution in [3.05, 3.63) is 47.8 Å². The van der Waals surface area contributed by atoms with Gasteiger partial charge in [0.25, 0.3) is 0 Å². The van der Waals surface area contributed by atoms with Gasteiger partial charge >= 0.3 is 11.9 Å². The summed E-state index contributed by atoms with van der Waals surface area (Å²) in [5.74, 6) is -2.68. The van der Waals surface area contributed by atoms with Crippen LogP contribution in [0, 0.1) is 11.7 Å². The number of halogens is 1. The molecule has 0 aliphatic rings. The standard InChI is InChI=1S/C17H21FO4/c1-4-7-12-10-14(18)9-8-13(12)11-15(16(19)21-5-2)17(20)22-6-3/h4,8-10,15H,1,5-7,11H2,2-3H3. The predicted octanol–water partition coefficient (Wildman–Crippen LogP) is 2.84. The average molecular weight is 308 g/mol. The molecule has 1 aromatic carbocycles. The zero-order chi connectivity index (χ0) is 16.5. The van der Waals surface area contributed by atoms with Crippen molar-refractivity contribution in [3.8, 4) is 0 Å². The molecule has 0 bridgehead atoms. The third-order valence-corrected chi connectivity index (χ3v) is 3.10. The van der Waals surface area contributed by atoms with Gasteiger partial charge in [-0.3, -0.25) is 9.59 Å². The number of benzene rings is 1. The van der Waals surface area contributed by atoms with Crippen LogP contribution in [0.4, 0.5) is 4.39 Å². The fourth-order valence-corrected chi connectivity index (χ4v) is 2.11. The number of allylic oxidation sites excluding steroid dienone is 1. The zero-order valence-corrected chi connectivity index (χ0v) is 12.9. The second-order valence-electron chi connectivity index (χ2n) is 4.67. The SMILES string of the molecule is C=CCc1cc(F)ccc1CC(C(=O)OCC)C(=O)OCC. The van der Waals surface area contributed by atoms with E-state index in [0.717, 1.165) is 0 Å². The Hall–Kier alpha value is -2.17. The van der Waals surface area contributed by atoms with Crippen LogP contribution in [-0.2, 0) is 31.9 Å². The van der Waals surface area contributed by atoms with Gasteiger partial charge in [0.05, 0.1) is 13.2 Å². The second kappa shape index (κ2) is 8.97. The first-order chi connectivity index (χ1) is 10.5. The van der Waals surface area contributed by atoms with Crippen LogP contribution in [0.25, 0.3) is 0 Å². The predicted molar refractivity (Wildman–Crippen MR) is 80.8 cm³/mol. The number of carbonyl (C=O) groups excluding carboxylic acids is 2. The topological polar surface area (TPSA) is 52.6 Å². The van der Waals surface area contributed by atoms with Gasteiger partial charge in [-0.05, 0) is 49.9 Å². The van der Waals surface area contributed by atoms with Gasteiger partial charge in [0, 0.05) is 0 Å². The highest BCUT2D eigenvalue weighted by molar-refractivity contribution is 5.95. The molecule has 0 saturated heterocycles. The van der Waals surface area contributed by atoms with Gasteiger partial charge in [-0.15, -0.1) is 6.58 Å². The Kier molecular flexibility index (Phi) is 7.29. The Morgan fingerprint density at radius 3 is 2.27 bits per heavy atom. The second-order valence-corrected chi connectivity index (χ2v) is 4.67. The summed E-state index contributed by atoms with van der Waals surface area (Å²) in [5, 5.41) is 0. The molecular formula is C17H21FO4. The highest BCUT2D eigenvalue weighted by Crippen LogP contribution is 2.19. The van der Waals surface area contributed by atoms with Gasteiger partial charge in [0.15, 0.2) is 5.92 Å². The lowest BCUT2D eigenvalue weighted by Crippen LogP contribution is -2.30. The van der Waals surface area contributed by atoms with Crippen LogP contribution in [0.2, 0.25) is 0 Å². The molecule has 22 heavy (non-hydrogen) atoms. The monoisotopic (exact) mass is 308 g/mol. The minimum atomic E-state index is -1.05. The number of ether oxygens (including phenoxy) is 2. The van der Waals surface area contributed by atoms with Crippen LogP contribution >= 0.6 is 0 Å². The minimum Gasteiger partial charge on any atom is -0.465 e. The summed E-state index contributed by atoms with van der Waals surface area (Å²) in [6.45, 7) is 7.32. The summed E-state index contributed by atoms with van der Waals surface area (Å²) in [5.41, 5.74) is 1.39. The molecule has 0 spiro atoms. The minimum absolute atomic E-state index is 0.112. The van der Waals surface area contributed by atoms with E-state index in [1.54, 1.807) is 26.0 Å². The molecule has 0 saturated carbocycles. The smallest absolute Gasteiger partial charge is 0.320 e. The van der Waals surface area contributed by atoms with Crippen LogP contribution in [0.1, 0.15) is 25.0 Å². The normalized spacial score (nSPS) is 10.4. The zero-order valence-electron chi connectivity index (χ0n) is 12.9. The Morgan fingerprint density at radius 2 is 1.77 bits per heavy atom. The lowest BCUT2D eigenvalue weighted by molar-refractivity contribution is -0.161. The van der Waals surface area contributed by atoms with E-state index in [2.05, 4.69) is 6.58 Å². The Bertz CT molecular complexity index is 521. The fourth-order valence-electron chi connectivity index (χ4n) is 2.11. The maximum atomic E-state index is 13.3. The fraction of sp³-hybridized carbons (Fsp3) is 0.412. The van der Waals surface area contributed by atoms with Crippen molar-refractivity contribution in [2.45, 2.75) is 26.7 Å². The molecule has 0 radical (unpaired) electrons. The van der Waals surface area contributed by atoms with Crippen molar-refractivity contribution in [3.63, 3.8) is 0 Å². The third kappa shape index (κ3) is 4.98. The lowest BCUT2D eigenvalue weighted by atomic mass is 9.94. The van der Waals surface area contributed by atoms with E-state index >= 15 is 0 Å². The highest BCUT2D eigenvalue weighted by atomic mass is 19.1. The maximum Gasteiger partial charge on any atom is 0.320 e. The molecule has 120 valence electrons. The van der Waals surface area contributed by atoms with Crippen molar-refractivity contribution in [2.24, 2.45) is 5.92 Å². The molecule has 0 N–H and O–H groups in total. The van der Waals surface area contributed by atoms with Crippen molar-refractivity contribution in [2.75, 3.05) is 13.2 Å².